The van der Waals surface area contributed by atoms with Crippen LogP contribution in [0.25, 0.3) is 27.6 Å². The van der Waals surface area contributed by atoms with Crippen molar-refractivity contribution in [1.82, 2.24) is 28.4 Å². The van der Waals surface area contributed by atoms with Gasteiger partial charge in [-0.15, -0.1) is 11.3 Å². The van der Waals surface area contributed by atoms with E-state index in [0.29, 0.717) is 29.8 Å². The number of fused-ring (bicyclic) bond motifs is 1. The lowest BCUT2D eigenvalue weighted by Gasteiger charge is -2.25. The summed E-state index contributed by atoms with van der Waals surface area (Å²) in [5.41, 5.74) is 3.28. The second kappa shape index (κ2) is 9.74. The molecule has 0 bridgehead atoms. The fraction of sp³-hybridized carbons (Fsp3) is 0.286. The Kier molecular flexibility index (Phi) is 6.56. The lowest BCUT2D eigenvalue weighted by atomic mass is 10.1. The van der Waals surface area contributed by atoms with Gasteiger partial charge >= 0.3 is 0 Å². The predicted molar refractivity (Wildman–Crippen MR) is 132 cm³/mol. The van der Waals surface area contributed by atoms with Crippen LogP contribution in [0.15, 0.2) is 42.0 Å². The maximum Gasteiger partial charge on any atom is 0.223 e. The number of benzene rings is 1. The van der Waals surface area contributed by atoms with Crippen LogP contribution < -0.4 is 14.8 Å². The Bertz CT molecular complexity index is 1310. The molecular formula is C21H22ClN7O2S2. The monoisotopic (exact) mass is 503 g/mol. The molecule has 3 aromatic heterocycles. The van der Waals surface area contributed by atoms with Crippen molar-refractivity contribution in [3.05, 3.63) is 47.1 Å². The van der Waals surface area contributed by atoms with E-state index in [9.17, 15) is 4.21 Å². The van der Waals surface area contributed by atoms with E-state index in [4.69, 9.17) is 26.3 Å². The topological polar surface area (TPSA) is 96.7 Å². The van der Waals surface area contributed by atoms with Crippen LogP contribution in [0.5, 0.6) is 5.75 Å². The van der Waals surface area contributed by atoms with E-state index >= 15 is 0 Å². The molecule has 4 aromatic rings. The summed E-state index contributed by atoms with van der Waals surface area (Å²) >= 11 is 6.65. The molecule has 0 spiro atoms. The molecule has 33 heavy (non-hydrogen) atoms. The van der Waals surface area contributed by atoms with Crippen molar-refractivity contribution in [2.75, 3.05) is 38.6 Å². The van der Waals surface area contributed by atoms with Crippen LogP contribution in [0.2, 0.25) is 5.02 Å². The molecule has 172 valence electrons. The van der Waals surface area contributed by atoms with Crippen molar-refractivity contribution >= 4 is 45.0 Å². The van der Waals surface area contributed by atoms with E-state index in [1.807, 2.05) is 38.5 Å². The van der Waals surface area contributed by atoms with Gasteiger partial charge in [-0.2, -0.15) is 0 Å². The SMILES string of the molecule is COc1cc(-c2nc3sccn3c2-c2ccnc(NCCN3CCCNS3=O)n2)ccc1Cl. The number of rotatable bonds is 7. The predicted octanol–water partition coefficient (Wildman–Crippen LogP) is 3.47. The average Bonchev–Trinajstić information content (AvgIpc) is 3.42. The van der Waals surface area contributed by atoms with Crippen molar-refractivity contribution in [3.8, 4) is 28.4 Å². The molecule has 5 rings (SSSR count). The Balaban J connectivity index is 1.44. The minimum absolute atomic E-state index is 0.507. The minimum atomic E-state index is -1.13. The van der Waals surface area contributed by atoms with Gasteiger partial charge in [0.2, 0.25) is 5.95 Å². The van der Waals surface area contributed by atoms with Crippen molar-refractivity contribution < 1.29 is 8.95 Å². The van der Waals surface area contributed by atoms with Crippen molar-refractivity contribution in [3.63, 3.8) is 0 Å². The maximum atomic E-state index is 12.0. The highest BCUT2D eigenvalue weighted by atomic mass is 35.5. The zero-order valence-corrected chi connectivity index (χ0v) is 20.2. The maximum absolute atomic E-state index is 12.0. The van der Waals surface area contributed by atoms with Crippen LogP contribution in [0.4, 0.5) is 5.95 Å². The van der Waals surface area contributed by atoms with E-state index in [1.165, 1.54) is 0 Å². The largest absolute Gasteiger partial charge is 0.495 e. The Morgan fingerprint density at radius 2 is 2.24 bits per heavy atom. The third kappa shape index (κ3) is 4.59. The summed E-state index contributed by atoms with van der Waals surface area (Å²) in [5, 5.41) is 5.79. The molecule has 1 aliphatic rings. The Morgan fingerprint density at radius 3 is 3.09 bits per heavy atom. The van der Waals surface area contributed by atoms with Crippen LogP contribution in [0, 0.1) is 0 Å². The number of nitrogens with zero attached hydrogens (tertiary/aromatic N) is 5. The molecule has 9 nitrogen and oxygen atoms in total. The quantitative estimate of drug-likeness (QED) is 0.401. The van der Waals surface area contributed by atoms with Crippen LogP contribution in [-0.2, 0) is 11.2 Å². The Morgan fingerprint density at radius 1 is 1.33 bits per heavy atom. The highest BCUT2D eigenvalue weighted by Gasteiger charge is 2.20. The van der Waals surface area contributed by atoms with Gasteiger partial charge in [0, 0.05) is 49.5 Å². The lowest BCUT2D eigenvalue weighted by Crippen LogP contribution is -2.44. The Labute approximate surface area is 202 Å². The van der Waals surface area contributed by atoms with Crippen molar-refractivity contribution in [1.29, 1.82) is 0 Å². The fourth-order valence-electron chi connectivity index (χ4n) is 3.69. The molecule has 2 N–H and O–H groups in total. The van der Waals surface area contributed by atoms with Gasteiger partial charge < -0.3 is 10.1 Å². The fourth-order valence-corrected chi connectivity index (χ4v) is 5.65. The van der Waals surface area contributed by atoms with Gasteiger partial charge in [-0.1, -0.05) is 17.7 Å². The first-order valence-corrected chi connectivity index (χ1v) is 12.8. The average molecular weight is 504 g/mol. The first kappa shape index (κ1) is 22.2. The number of hydrogen-bond acceptors (Lipinski definition) is 7. The van der Waals surface area contributed by atoms with E-state index in [2.05, 4.69) is 15.0 Å². The Hall–Kier alpha value is -2.57. The zero-order valence-electron chi connectivity index (χ0n) is 17.8. The van der Waals surface area contributed by atoms with Crippen LogP contribution in [0.3, 0.4) is 0 Å². The summed E-state index contributed by atoms with van der Waals surface area (Å²) in [6, 6.07) is 7.48. The third-order valence-electron chi connectivity index (χ3n) is 5.27. The lowest BCUT2D eigenvalue weighted by molar-refractivity contribution is 0.415. The summed E-state index contributed by atoms with van der Waals surface area (Å²) < 4.78 is 24.3. The molecule has 1 saturated heterocycles. The van der Waals surface area contributed by atoms with Gasteiger partial charge in [-0.25, -0.2) is 28.2 Å². The molecule has 0 radical (unpaired) electrons. The van der Waals surface area contributed by atoms with E-state index in [0.717, 1.165) is 47.1 Å². The molecule has 1 aromatic carbocycles. The van der Waals surface area contributed by atoms with Crippen molar-refractivity contribution in [2.45, 2.75) is 6.42 Å². The van der Waals surface area contributed by atoms with E-state index in [1.54, 1.807) is 30.7 Å². The molecule has 0 aliphatic carbocycles. The van der Waals surface area contributed by atoms with Gasteiger partial charge in [0.1, 0.15) is 11.4 Å². The number of ether oxygens (including phenoxy) is 1. The smallest absolute Gasteiger partial charge is 0.223 e. The third-order valence-corrected chi connectivity index (χ3v) is 7.63. The summed E-state index contributed by atoms with van der Waals surface area (Å²) in [5.74, 6) is 1.10. The van der Waals surface area contributed by atoms with Gasteiger partial charge in [0.25, 0.3) is 0 Å². The molecule has 12 heteroatoms. The molecule has 1 unspecified atom stereocenters. The second-order valence-electron chi connectivity index (χ2n) is 7.33. The summed E-state index contributed by atoms with van der Waals surface area (Å²) in [7, 11) is 1.59. The molecule has 1 aliphatic heterocycles. The van der Waals surface area contributed by atoms with E-state index < -0.39 is 11.2 Å². The molecule has 1 atom stereocenters. The van der Waals surface area contributed by atoms with Crippen LogP contribution in [0.1, 0.15) is 6.42 Å². The summed E-state index contributed by atoms with van der Waals surface area (Å²) in [4.78, 5) is 14.8. The highest BCUT2D eigenvalue weighted by molar-refractivity contribution is 7.80. The number of thiazole rings is 1. The summed E-state index contributed by atoms with van der Waals surface area (Å²) in [6.07, 6.45) is 4.68. The molecule has 0 saturated carbocycles. The highest BCUT2D eigenvalue weighted by Crippen LogP contribution is 2.36. The molecule has 4 heterocycles. The van der Waals surface area contributed by atoms with Gasteiger partial charge in [0.05, 0.1) is 23.5 Å². The number of halogens is 1. The van der Waals surface area contributed by atoms with Crippen molar-refractivity contribution in [2.24, 2.45) is 0 Å². The summed E-state index contributed by atoms with van der Waals surface area (Å²) in [6.45, 7) is 2.80. The van der Waals surface area contributed by atoms with Crippen LogP contribution in [-0.4, -0.2) is 61.2 Å². The first-order chi connectivity index (χ1) is 16.1. The number of hydrogen-bond donors (Lipinski definition) is 2. The van der Waals surface area contributed by atoms with E-state index in [-0.39, 0.29) is 0 Å². The van der Waals surface area contributed by atoms with Gasteiger partial charge in [-0.3, -0.25) is 4.40 Å². The molecular weight excluding hydrogens is 482 g/mol. The molecule has 0 amide bonds. The number of methoxy groups -OCH3 is 1. The normalized spacial score (nSPS) is 16.8. The molecule has 1 fully saturated rings. The number of anilines is 1. The van der Waals surface area contributed by atoms with Gasteiger partial charge in [-0.05, 0) is 24.6 Å². The number of nitrogens with one attached hydrogen (secondary N) is 2. The minimum Gasteiger partial charge on any atom is -0.495 e. The standard InChI is InChI=1S/C21H22ClN7O2S2/c1-31-17-13-14(3-4-15(17)22)18-19(29-11-12-32-21(29)27-18)16-5-7-23-20(26-16)24-8-10-28-9-2-6-25-33(28)30/h3-5,7,11-13,25H,2,6,8-10H2,1H3,(H,23,24,26). The first-order valence-electron chi connectivity index (χ1n) is 10.4. The second-order valence-corrected chi connectivity index (χ2v) is 9.92. The van der Waals surface area contributed by atoms with Gasteiger partial charge in [0.15, 0.2) is 16.1 Å². The number of aromatic nitrogens is 4. The van der Waals surface area contributed by atoms with Crippen LogP contribution >= 0.6 is 22.9 Å². The zero-order chi connectivity index (χ0) is 22.8. The number of imidazole rings is 1.